The van der Waals surface area contributed by atoms with Gasteiger partial charge < -0.3 is 11.1 Å². The molecule has 0 aliphatic rings. The molecular weight excluding hydrogens is 207 g/mol. The maximum absolute atomic E-state index is 12.6. The van der Waals surface area contributed by atoms with E-state index in [1.165, 1.54) is 24.3 Å². The number of carbonyl (C=O) groups excluding carboxylic acids is 1. The SMILES string of the molecule is CCC(N)CCNC(=O)c1ccc(F)cc1. The van der Waals surface area contributed by atoms with Crippen molar-refractivity contribution in [2.24, 2.45) is 5.73 Å². The lowest BCUT2D eigenvalue weighted by Crippen LogP contribution is -2.30. The molecule has 0 aliphatic carbocycles. The summed E-state index contributed by atoms with van der Waals surface area (Å²) < 4.78 is 12.6. The van der Waals surface area contributed by atoms with E-state index in [0.717, 1.165) is 12.8 Å². The number of hydrogen-bond donors (Lipinski definition) is 2. The number of hydrogen-bond acceptors (Lipinski definition) is 2. The minimum atomic E-state index is -0.343. The Bertz CT molecular complexity index is 337. The van der Waals surface area contributed by atoms with Crippen molar-refractivity contribution in [2.75, 3.05) is 6.54 Å². The molecule has 0 bridgehead atoms. The third-order valence-electron chi connectivity index (χ3n) is 2.43. The first-order valence-corrected chi connectivity index (χ1v) is 5.42. The van der Waals surface area contributed by atoms with Crippen LogP contribution >= 0.6 is 0 Å². The minimum Gasteiger partial charge on any atom is -0.352 e. The molecule has 0 saturated carbocycles. The molecule has 0 spiro atoms. The molecule has 1 amide bonds. The Morgan fingerprint density at radius 3 is 2.62 bits per heavy atom. The summed E-state index contributed by atoms with van der Waals surface area (Å²) in [4.78, 5) is 11.6. The van der Waals surface area contributed by atoms with Crippen LogP contribution in [0, 0.1) is 5.82 Å². The highest BCUT2D eigenvalue weighted by Crippen LogP contribution is 2.02. The first-order chi connectivity index (χ1) is 7.63. The second-order valence-corrected chi connectivity index (χ2v) is 3.72. The van der Waals surface area contributed by atoms with Crippen LogP contribution in [0.25, 0.3) is 0 Å². The van der Waals surface area contributed by atoms with Crippen LogP contribution in [0.4, 0.5) is 4.39 Å². The normalized spacial score (nSPS) is 12.2. The van der Waals surface area contributed by atoms with Gasteiger partial charge in [-0.25, -0.2) is 4.39 Å². The molecule has 0 radical (unpaired) electrons. The summed E-state index contributed by atoms with van der Waals surface area (Å²) in [6, 6.07) is 5.59. The molecule has 1 rings (SSSR count). The van der Waals surface area contributed by atoms with Gasteiger partial charge in [-0.2, -0.15) is 0 Å². The Labute approximate surface area is 94.8 Å². The molecule has 0 saturated heterocycles. The molecule has 3 N–H and O–H groups in total. The topological polar surface area (TPSA) is 55.1 Å². The fourth-order valence-corrected chi connectivity index (χ4v) is 1.28. The van der Waals surface area contributed by atoms with E-state index in [1.807, 2.05) is 6.92 Å². The van der Waals surface area contributed by atoms with E-state index >= 15 is 0 Å². The molecule has 4 heteroatoms. The van der Waals surface area contributed by atoms with Crippen molar-refractivity contribution >= 4 is 5.91 Å². The Balaban J connectivity index is 2.38. The van der Waals surface area contributed by atoms with Crippen LogP contribution in [-0.4, -0.2) is 18.5 Å². The molecule has 0 aromatic heterocycles. The monoisotopic (exact) mass is 224 g/mol. The lowest BCUT2D eigenvalue weighted by Gasteiger charge is -2.09. The standard InChI is InChI=1S/C12H17FN2O/c1-2-11(14)7-8-15-12(16)9-3-5-10(13)6-4-9/h3-6,11H,2,7-8,14H2,1H3,(H,15,16). The molecule has 0 aliphatic heterocycles. The molecule has 3 nitrogen and oxygen atoms in total. The Morgan fingerprint density at radius 2 is 2.06 bits per heavy atom. The van der Waals surface area contributed by atoms with Crippen molar-refractivity contribution in [3.63, 3.8) is 0 Å². The maximum atomic E-state index is 12.6. The molecule has 16 heavy (non-hydrogen) atoms. The van der Waals surface area contributed by atoms with Gasteiger partial charge in [-0.3, -0.25) is 4.79 Å². The van der Waals surface area contributed by atoms with E-state index in [-0.39, 0.29) is 17.8 Å². The van der Waals surface area contributed by atoms with Crippen LogP contribution in [0.15, 0.2) is 24.3 Å². The van der Waals surface area contributed by atoms with Crippen molar-refractivity contribution in [1.29, 1.82) is 0 Å². The van der Waals surface area contributed by atoms with Crippen LogP contribution in [0.3, 0.4) is 0 Å². The number of benzene rings is 1. The molecule has 1 aromatic carbocycles. The summed E-state index contributed by atoms with van der Waals surface area (Å²) >= 11 is 0. The maximum Gasteiger partial charge on any atom is 0.251 e. The van der Waals surface area contributed by atoms with Crippen LogP contribution in [0.5, 0.6) is 0 Å². The molecule has 0 heterocycles. The lowest BCUT2D eigenvalue weighted by atomic mass is 10.1. The van der Waals surface area contributed by atoms with Crippen LogP contribution < -0.4 is 11.1 Å². The average Bonchev–Trinajstić information content (AvgIpc) is 2.29. The van der Waals surface area contributed by atoms with Gasteiger partial charge in [0.1, 0.15) is 5.82 Å². The summed E-state index contributed by atoms with van der Waals surface area (Å²) in [5.41, 5.74) is 6.18. The zero-order valence-electron chi connectivity index (χ0n) is 9.37. The molecule has 1 atom stereocenters. The molecule has 1 unspecified atom stereocenters. The highest BCUT2D eigenvalue weighted by atomic mass is 19.1. The van der Waals surface area contributed by atoms with Crippen LogP contribution in [0.2, 0.25) is 0 Å². The Morgan fingerprint density at radius 1 is 1.44 bits per heavy atom. The predicted octanol–water partition coefficient (Wildman–Crippen LogP) is 1.68. The Hall–Kier alpha value is -1.42. The van der Waals surface area contributed by atoms with E-state index in [1.54, 1.807) is 0 Å². The third-order valence-corrected chi connectivity index (χ3v) is 2.43. The summed E-state index contributed by atoms with van der Waals surface area (Å²) in [7, 11) is 0. The van der Waals surface area contributed by atoms with Gasteiger partial charge in [0.25, 0.3) is 5.91 Å². The fraction of sp³-hybridized carbons (Fsp3) is 0.417. The van der Waals surface area contributed by atoms with Crippen molar-refractivity contribution in [2.45, 2.75) is 25.8 Å². The van der Waals surface area contributed by atoms with Gasteiger partial charge in [0, 0.05) is 18.2 Å². The van der Waals surface area contributed by atoms with Crippen LogP contribution in [-0.2, 0) is 0 Å². The summed E-state index contributed by atoms with van der Waals surface area (Å²) in [6.45, 7) is 2.55. The third kappa shape index (κ3) is 3.98. The first-order valence-electron chi connectivity index (χ1n) is 5.42. The van der Waals surface area contributed by atoms with Crippen molar-refractivity contribution < 1.29 is 9.18 Å². The zero-order chi connectivity index (χ0) is 12.0. The number of amides is 1. The van der Waals surface area contributed by atoms with E-state index < -0.39 is 0 Å². The van der Waals surface area contributed by atoms with Crippen molar-refractivity contribution in [3.8, 4) is 0 Å². The number of rotatable bonds is 5. The highest BCUT2D eigenvalue weighted by Gasteiger charge is 2.05. The van der Waals surface area contributed by atoms with Gasteiger partial charge in [-0.1, -0.05) is 6.92 Å². The largest absolute Gasteiger partial charge is 0.352 e. The summed E-state index contributed by atoms with van der Waals surface area (Å²) in [5.74, 6) is -0.534. The number of halogens is 1. The fourth-order valence-electron chi connectivity index (χ4n) is 1.28. The highest BCUT2D eigenvalue weighted by molar-refractivity contribution is 5.94. The average molecular weight is 224 g/mol. The van der Waals surface area contributed by atoms with Crippen molar-refractivity contribution in [3.05, 3.63) is 35.6 Å². The van der Waals surface area contributed by atoms with Gasteiger partial charge >= 0.3 is 0 Å². The second-order valence-electron chi connectivity index (χ2n) is 3.72. The lowest BCUT2D eigenvalue weighted by molar-refractivity contribution is 0.0952. The van der Waals surface area contributed by atoms with Gasteiger partial charge in [0.2, 0.25) is 0 Å². The number of carbonyl (C=O) groups is 1. The Kier molecular flexibility index (Phi) is 4.92. The van der Waals surface area contributed by atoms with Crippen LogP contribution in [0.1, 0.15) is 30.1 Å². The quantitative estimate of drug-likeness (QED) is 0.799. The van der Waals surface area contributed by atoms with E-state index in [2.05, 4.69) is 5.32 Å². The molecule has 1 aromatic rings. The first kappa shape index (κ1) is 12.6. The van der Waals surface area contributed by atoms with Crippen molar-refractivity contribution in [1.82, 2.24) is 5.32 Å². The number of nitrogens with one attached hydrogen (secondary N) is 1. The molecule has 88 valence electrons. The smallest absolute Gasteiger partial charge is 0.251 e. The molecular formula is C12H17FN2O. The summed E-state index contributed by atoms with van der Waals surface area (Å²) in [6.07, 6.45) is 1.65. The predicted molar refractivity (Wildman–Crippen MR) is 61.6 cm³/mol. The van der Waals surface area contributed by atoms with Gasteiger partial charge in [-0.15, -0.1) is 0 Å². The number of nitrogens with two attached hydrogens (primary N) is 1. The second kappa shape index (κ2) is 6.23. The van der Waals surface area contributed by atoms with E-state index in [9.17, 15) is 9.18 Å². The summed E-state index contributed by atoms with van der Waals surface area (Å²) in [5, 5.41) is 2.74. The van der Waals surface area contributed by atoms with Gasteiger partial charge in [0.05, 0.1) is 0 Å². The minimum absolute atomic E-state index is 0.119. The van der Waals surface area contributed by atoms with E-state index in [0.29, 0.717) is 12.1 Å². The van der Waals surface area contributed by atoms with E-state index in [4.69, 9.17) is 5.73 Å². The van der Waals surface area contributed by atoms with Gasteiger partial charge in [-0.05, 0) is 37.1 Å². The zero-order valence-corrected chi connectivity index (χ0v) is 9.37. The molecule has 0 fully saturated rings. The van der Waals surface area contributed by atoms with Gasteiger partial charge in [0.15, 0.2) is 0 Å².